The van der Waals surface area contributed by atoms with E-state index in [1.54, 1.807) is 0 Å². The van der Waals surface area contributed by atoms with E-state index >= 15 is 0 Å². The van der Waals surface area contributed by atoms with Gasteiger partial charge in [-0.3, -0.25) is 9.59 Å². The molecule has 4 aliphatic rings. The van der Waals surface area contributed by atoms with E-state index in [4.69, 9.17) is 0 Å². The van der Waals surface area contributed by atoms with Gasteiger partial charge in [-0.1, -0.05) is 63.6 Å². The Bertz CT molecular complexity index is 890. The van der Waals surface area contributed by atoms with Gasteiger partial charge in [-0.25, -0.2) is 5.43 Å². The van der Waals surface area contributed by atoms with Crippen molar-refractivity contribution in [2.75, 3.05) is 11.4 Å². The molecule has 5 nitrogen and oxygen atoms in total. The number of hydrogen-bond donors (Lipinski definition) is 1. The summed E-state index contributed by atoms with van der Waals surface area (Å²) in [5, 5.41) is 4.45. The van der Waals surface area contributed by atoms with E-state index < -0.39 is 0 Å². The number of rotatable bonds is 7. The normalized spacial score (nSPS) is 32.4. The van der Waals surface area contributed by atoms with Crippen molar-refractivity contribution in [3.05, 3.63) is 29.8 Å². The summed E-state index contributed by atoms with van der Waals surface area (Å²) in [7, 11) is 0. The van der Waals surface area contributed by atoms with E-state index in [2.05, 4.69) is 17.5 Å². The molecule has 3 saturated carbocycles. The van der Waals surface area contributed by atoms with Crippen LogP contribution in [-0.2, 0) is 9.59 Å². The Balaban J connectivity index is 1.32. The molecule has 3 bridgehead atoms. The first-order chi connectivity index (χ1) is 15.1. The van der Waals surface area contributed by atoms with E-state index in [1.807, 2.05) is 29.2 Å². The van der Waals surface area contributed by atoms with Gasteiger partial charge in [0.15, 0.2) is 5.71 Å². The fraction of sp³-hybridized carbons (Fsp3) is 0.654. The molecule has 1 aromatic rings. The number of benzene rings is 1. The van der Waals surface area contributed by atoms with Crippen LogP contribution in [0, 0.1) is 23.2 Å². The van der Waals surface area contributed by atoms with Gasteiger partial charge >= 0.3 is 0 Å². The first-order valence-corrected chi connectivity index (χ1v) is 12.4. The predicted molar refractivity (Wildman–Crippen MR) is 123 cm³/mol. The quantitative estimate of drug-likeness (QED) is 0.495. The van der Waals surface area contributed by atoms with Gasteiger partial charge in [-0.15, -0.1) is 0 Å². The lowest BCUT2D eigenvalue weighted by atomic mass is 9.69. The molecular weight excluding hydrogens is 386 g/mol. The van der Waals surface area contributed by atoms with Gasteiger partial charge in [0.1, 0.15) is 0 Å². The molecule has 0 saturated heterocycles. The average Bonchev–Trinajstić information content (AvgIpc) is 3.13. The molecule has 3 fully saturated rings. The number of amides is 2. The number of fused-ring (bicyclic) bond motifs is 3. The maximum absolute atomic E-state index is 13.4. The van der Waals surface area contributed by atoms with Gasteiger partial charge in [0.2, 0.25) is 5.91 Å². The van der Waals surface area contributed by atoms with E-state index in [9.17, 15) is 9.59 Å². The number of carbonyl (C=O) groups is 2. The van der Waals surface area contributed by atoms with Gasteiger partial charge in [0.05, 0.1) is 11.1 Å². The summed E-state index contributed by atoms with van der Waals surface area (Å²) in [4.78, 5) is 28.4. The number of nitrogens with zero attached hydrogens (tertiary/aromatic N) is 2. The van der Waals surface area contributed by atoms with Crippen molar-refractivity contribution in [1.82, 2.24) is 5.43 Å². The third-order valence-electron chi connectivity index (χ3n) is 8.36. The number of para-hydroxylation sites is 1. The zero-order valence-electron chi connectivity index (χ0n) is 18.7. The zero-order valence-corrected chi connectivity index (χ0v) is 18.7. The highest BCUT2D eigenvalue weighted by atomic mass is 16.2. The van der Waals surface area contributed by atoms with E-state index in [0.717, 1.165) is 43.4 Å². The zero-order chi connectivity index (χ0) is 21.4. The summed E-state index contributed by atoms with van der Waals surface area (Å²) in [5.41, 5.74) is 4.76. The third kappa shape index (κ3) is 3.70. The maximum Gasteiger partial charge on any atom is 0.279 e. The highest BCUT2D eigenvalue weighted by Gasteiger charge is 2.55. The van der Waals surface area contributed by atoms with Crippen molar-refractivity contribution >= 4 is 23.2 Å². The summed E-state index contributed by atoms with van der Waals surface area (Å²) < 4.78 is 0. The molecule has 0 spiro atoms. The fourth-order valence-electron chi connectivity index (χ4n) is 6.95. The van der Waals surface area contributed by atoms with Crippen molar-refractivity contribution in [1.29, 1.82) is 0 Å². The Morgan fingerprint density at radius 3 is 2.84 bits per heavy atom. The van der Waals surface area contributed by atoms with E-state index in [1.165, 1.54) is 38.5 Å². The maximum atomic E-state index is 13.4. The van der Waals surface area contributed by atoms with Crippen LogP contribution in [0.2, 0.25) is 0 Å². The predicted octanol–water partition coefficient (Wildman–Crippen LogP) is 5.04. The van der Waals surface area contributed by atoms with Gasteiger partial charge in [0.25, 0.3) is 5.91 Å². The molecule has 5 heteroatoms. The number of hydrazone groups is 1. The summed E-state index contributed by atoms with van der Waals surface area (Å²) in [5.74, 6) is 2.08. The lowest BCUT2D eigenvalue weighted by Crippen LogP contribution is -2.41. The molecule has 31 heavy (non-hydrogen) atoms. The van der Waals surface area contributed by atoms with Crippen molar-refractivity contribution < 1.29 is 9.59 Å². The van der Waals surface area contributed by atoms with E-state index in [0.29, 0.717) is 30.0 Å². The Morgan fingerprint density at radius 2 is 1.97 bits per heavy atom. The molecule has 3 aliphatic carbocycles. The van der Waals surface area contributed by atoms with Gasteiger partial charge in [-0.2, -0.15) is 5.10 Å². The molecule has 0 radical (unpaired) electrons. The largest absolute Gasteiger partial charge is 0.306 e. The van der Waals surface area contributed by atoms with Crippen LogP contribution in [-0.4, -0.2) is 24.1 Å². The van der Waals surface area contributed by atoms with Crippen LogP contribution < -0.4 is 10.3 Å². The van der Waals surface area contributed by atoms with Crippen molar-refractivity contribution in [3.63, 3.8) is 0 Å². The lowest BCUT2D eigenvalue weighted by molar-refractivity contribution is -0.133. The SMILES string of the molecule is CCCCCCN1C(=O)/C(=N\NC(=O)C23CC4CCCC(C2)C(C4)C3)c2ccccc21. The number of hydrogen-bond acceptors (Lipinski definition) is 3. The number of anilines is 1. The minimum absolute atomic E-state index is 0.0470. The fourth-order valence-corrected chi connectivity index (χ4v) is 6.95. The van der Waals surface area contributed by atoms with Crippen LogP contribution in [0.3, 0.4) is 0 Å². The minimum Gasteiger partial charge on any atom is -0.306 e. The van der Waals surface area contributed by atoms with Crippen molar-refractivity contribution in [3.8, 4) is 0 Å². The van der Waals surface area contributed by atoms with Crippen LogP contribution in [0.15, 0.2) is 29.4 Å². The molecule has 2 amide bonds. The lowest BCUT2D eigenvalue weighted by Gasteiger charge is -2.36. The molecule has 4 atom stereocenters. The number of carbonyl (C=O) groups excluding carboxylic acids is 2. The molecular formula is C26H35N3O2. The Hall–Kier alpha value is -2.17. The van der Waals surface area contributed by atoms with Gasteiger partial charge in [0, 0.05) is 12.1 Å². The van der Waals surface area contributed by atoms with Crippen LogP contribution in [0.4, 0.5) is 5.69 Å². The third-order valence-corrected chi connectivity index (χ3v) is 8.36. The first kappa shape index (κ1) is 20.7. The average molecular weight is 422 g/mol. The van der Waals surface area contributed by atoms with Crippen molar-refractivity contribution in [2.45, 2.75) is 77.6 Å². The monoisotopic (exact) mass is 421 g/mol. The molecule has 5 rings (SSSR count). The second kappa shape index (κ2) is 8.40. The summed E-state index contributed by atoms with van der Waals surface area (Å²) in [6.07, 6.45) is 12.7. The molecule has 166 valence electrons. The Labute approximate surface area is 185 Å². The second-order valence-corrected chi connectivity index (χ2v) is 10.4. The first-order valence-electron chi connectivity index (χ1n) is 12.4. The molecule has 1 heterocycles. The topological polar surface area (TPSA) is 61.8 Å². The van der Waals surface area contributed by atoms with Crippen LogP contribution in [0.5, 0.6) is 0 Å². The standard InChI is InChI=1S/C26H35N3O2/c1-2-3-4-7-13-29-22-12-6-5-11-21(22)23(24(29)30)27-28-25(31)26-15-18-9-8-10-19(16-26)20(14-18)17-26/h5-6,11-12,18-20H,2-4,7-10,13-17H2,1H3,(H,28,31)/b27-23-. The number of nitrogens with one attached hydrogen (secondary N) is 1. The molecule has 0 aromatic heterocycles. The summed E-state index contributed by atoms with van der Waals surface area (Å²) >= 11 is 0. The smallest absolute Gasteiger partial charge is 0.279 e. The summed E-state index contributed by atoms with van der Waals surface area (Å²) in [6, 6.07) is 7.83. The van der Waals surface area contributed by atoms with Gasteiger partial charge in [-0.05, 0) is 55.9 Å². The minimum atomic E-state index is -0.260. The second-order valence-electron chi connectivity index (χ2n) is 10.4. The molecule has 1 N–H and O–H groups in total. The number of unbranched alkanes of at least 4 members (excludes halogenated alkanes) is 3. The molecule has 4 unspecified atom stereocenters. The highest BCUT2D eigenvalue weighted by Crippen LogP contribution is 2.60. The Morgan fingerprint density at radius 1 is 1.13 bits per heavy atom. The van der Waals surface area contributed by atoms with Crippen molar-refractivity contribution in [2.24, 2.45) is 28.3 Å². The van der Waals surface area contributed by atoms with Crippen LogP contribution in [0.1, 0.15) is 83.1 Å². The van der Waals surface area contributed by atoms with Crippen LogP contribution in [0.25, 0.3) is 0 Å². The van der Waals surface area contributed by atoms with E-state index in [-0.39, 0.29) is 17.2 Å². The summed E-state index contributed by atoms with van der Waals surface area (Å²) in [6.45, 7) is 2.90. The molecule has 1 aromatic carbocycles. The Kier molecular flexibility index (Phi) is 5.61. The van der Waals surface area contributed by atoms with Crippen LogP contribution >= 0.6 is 0 Å². The highest BCUT2D eigenvalue weighted by molar-refractivity contribution is 6.54. The van der Waals surface area contributed by atoms with Gasteiger partial charge < -0.3 is 4.90 Å². The molecule has 1 aliphatic heterocycles.